The van der Waals surface area contributed by atoms with E-state index in [1.807, 2.05) is 67.7 Å². The number of carbonyl (C=O) groups is 2. The Bertz CT molecular complexity index is 974. The van der Waals surface area contributed by atoms with Crippen molar-refractivity contribution in [2.45, 2.75) is 32.2 Å². The number of hydrogen-bond donors (Lipinski definition) is 0. The number of ether oxygens (including phenoxy) is 1. The molecule has 1 heterocycles. The molecule has 2 aromatic rings. The van der Waals surface area contributed by atoms with Crippen LogP contribution in [0.5, 0.6) is 5.75 Å². The van der Waals surface area contributed by atoms with Crippen molar-refractivity contribution in [2.24, 2.45) is 0 Å². The molecule has 0 radical (unpaired) electrons. The second kappa shape index (κ2) is 11.8. The predicted molar refractivity (Wildman–Crippen MR) is 134 cm³/mol. The Morgan fingerprint density at radius 3 is 2.50 bits per heavy atom. The van der Waals surface area contributed by atoms with Crippen LogP contribution in [-0.2, 0) is 16.1 Å². The molecular weight excluding hydrogens is 440 g/mol. The summed E-state index contributed by atoms with van der Waals surface area (Å²) in [6.07, 6.45) is 4.87. The van der Waals surface area contributed by atoms with Crippen LogP contribution in [0.4, 0.5) is 0 Å². The van der Waals surface area contributed by atoms with Crippen molar-refractivity contribution in [1.29, 1.82) is 0 Å². The molecule has 5 nitrogen and oxygen atoms in total. The number of thiocarbonyl (C=S) groups is 1. The molecule has 0 aromatic heterocycles. The molecule has 3 rings (SSSR count). The van der Waals surface area contributed by atoms with Gasteiger partial charge in [0.15, 0.2) is 0 Å². The monoisotopic (exact) mass is 468 g/mol. The highest BCUT2D eigenvalue weighted by molar-refractivity contribution is 8.26. The second-order valence-corrected chi connectivity index (χ2v) is 9.33. The molecule has 7 heteroatoms. The number of nitrogens with zero attached hydrogens (tertiary/aromatic N) is 2. The van der Waals surface area contributed by atoms with E-state index in [1.54, 1.807) is 16.9 Å². The highest BCUT2D eigenvalue weighted by Crippen LogP contribution is 2.33. The second-order valence-electron chi connectivity index (χ2n) is 7.65. The van der Waals surface area contributed by atoms with Gasteiger partial charge in [0.2, 0.25) is 5.91 Å². The van der Waals surface area contributed by atoms with E-state index in [4.69, 9.17) is 17.0 Å². The Hall–Kier alpha value is -2.64. The molecule has 0 spiro atoms. The molecular formula is C25H28N2O3S2. The zero-order valence-corrected chi connectivity index (χ0v) is 20.1. The molecule has 1 aliphatic heterocycles. The lowest BCUT2D eigenvalue weighted by molar-refractivity contribution is -0.130. The Morgan fingerprint density at radius 1 is 1.09 bits per heavy atom. The fraction of sp³-hybridized carbons (Fsp3) is 0.320. The molecule has 0 N–H and O–H groups in total. The van der Waals surface area contributed by atoms with Crippen LogP contribution in [0.15, 0.2) is 59.5 Å². The Morgan fingerprint density at radius 2 is 1.81 bits per heavy atom. The summed E-state index contributed by atoms with van der Waals surface area (Å²) >= 11 is 6.75. The van der Waals surface area contributed by atoms with E-state index < -0.39 is 0 Å². The number of carbonyl (C=O) groups excluding carboxylic acids is 2. The van der Waals surface area contributed by atoms with E-state index in [9.17, 15) is 9.59 Å². The fourth-order valence-electron chi connectivity index (χ4n) is 3.40. The van der Waals surface area contributed by atoms with Gasteiger partial charge in [0.25, 0.3) is 5.91 Å². The van der Waals surface area contributed by atoms with Crippen LogP contribution in [0.25, 0.3) is 6.08 Å². The van der Waals surface area contributed by atoms with Crippen molar-refractivity contribution in [2.75, 3.05) is 20.7 Å². The first-order valence-electron chi connectivity index (χ1n) is 10.6. The van der Waals surface area contributed by atoms with Gasteiger partial charge in [0.05, 0.1) is 12.0 Å². The van der Waals surface area contributed by atoms with E-state index >= 15 is 0 Å². The smallest absolute Gasteiger partial charge is 0.266 e. The molecule has 32 heavy (non-hydrogen) atoms. The number of methoxy groups -OCH3 is 1. The Balaban J connectivity index is 1.40. The van der Waals surface area contributed by atoms with Gasteiger partial charge in [-0.3, -0.25) is 14.5 Å². The highest BCUT2D eigenvalue weighted by atomic mass is 32.2. The quantitative estimate of drug-likeness (QED) is 0.275. The molecule has 1 saturated heterocycles. The molecule has 2 aromatic carbocycles. The maximum atomic E-state index is 12.7. The van der Waals surface area contributed by atoms with Gasteiger partial charge in [-0.15, -0.1) is 0 Å². The van der Waals surface area contributed by atoms with Gasteiger partial charge in [-0.25, -0.2) is 0 Å². The summed E-state index contributed by atoms with van der Waals surface area (Å²) in [4.78, 5) is 29.2. The molecule has 2 amide bonds. The minimum absolute atomic E-state index is 0.0468. The van der Waals surface area contributed by atoms with Crippen molar-refractivity contribution < 1.29 is 14.3 Å². The molecule has 0 atom stereocenters. The SMILES string of the molecule is COc1ccc(/C=C2\SC(=S)N(CCCCCC(=O)N(C)Cc3ccccc3)C2=O)cc1. The van der Waals surface area contributed by atoms with Crippen LogP contribution in [0.1, 0.15) is 36.8 Å². The highest BCUT2D eigenvalue weighted by Gasteiger charge is 2.31. The first-order valence-corrected chi connectivity index (χ1v) is 11.9. The lowest BCUT2D eigenvalue weighted by Gasteiger charge is -2.17. The Labute approximate surface area is 199 Å². The number of unbranched alkanes of at least 4 members (excludes halogenated alkanes) is 2. The normalized spacial score (nSPS) is 14.8. The summed E-state index contributed by atoms with van der Waals surface area (Å²) in [5, 5.41) is 0. The van der Waals surface area contributed by atoms with E-state index in [2.05, 4.69) is 0 Å². The average molecular weight is 469 g/mol. The average Bonchev–Trinajstić information content (AvgIpc) is 3.07. The largest absolute Gasteiger partial charge is 0.497 e. The predicted octanol–water partition coefficient (Wildman–Crippen LogP) is 5.12. The van der Waals surface area contributed by atoms with Crippen LogP contribution >= 0.6 is 24.0 Å². The summed E-state index contributed by atoms with van der Waals surface area (Å²) in [6, 6.07) is 17.5. The van der Waals surface area contributed by atoms with Crippen LogP contribution < -0.4 is 4.74 Å². The Kier molecular flexibility index (Phi) is 8.88. The van der Waals surface area contributed by atoms with Crippen LogP contribution in [0, 0.1) is 0 Å². The maximum Gasteiger partial charge on any atom is 0.266 e. The van der Waals surface area contributed by atoms with E-state index in [-0.39, 0.29) is 11.8 Å². The zero-order valence-electron chi connectivity index (χ0n) is 18.5. The van der Waals surface area contributed by atoms with E-state index in [1.165, 1.54) is 11.8 Å². The molecule has 0 unspecified atom stereocenters. The topological polar surface area (TPSA) is 49.9 Å². The third-order valence-electron chi connectivity index (χ3n) is 5.25. The minimum atomic E-state index is -0.0468. The molecule has 0 bridgehead atoms. The van der Waals surface area contributed by atoms with Gasteiger partial charge in [0.1, 0.15) is 10.1 Å². The number of rotatable bonds is 10. The van der Waals surface area contributed by atoms with Crippen molar-refractivity contribution in [1.82, 2.24) is 9.80 Å². The fourth-order valence-corrected chi connectivity index (χ4v) is 4.71. The van der Waals surface area contributed by atoms with Crippen molar-refractivity contribution in [3.05, 3.63) is 70.6 Å². The van der Waals surface area contributed by atoms with Gasteiger partial charge in [-0.2, -0.15) is 0 Å². The molecule has 1 fully saturated rings. The van der Waals surface area contributed by atoms with Gasteiger partial charge in [-0.1, -0.05) is 72.9 Å². The summed E-state index contributed by atoms with van der Waals surface area (Å²) < 4.78 is 5.76. The van der Waals surface area contributed by atoms with E-state index in [0.29, 0.717) is 28.7 Å². The van der Waals surface area contributed by atoms with Gasteiger partial charge in [0, 0.05) is 26.6 Å². The first-order chi connectivity index (χ1) is 15.5. The van der Waals surface area contributed by atoms with Crippen molar-refractivity contribution >= 4 is 46.2 Å². The van der Waals surface area contributed by atoms with Gasteiger partial charge < -0.3 is 9.64 Å². The first kappa shape index (κ1) is 24.0. The number of thioether (sulfide) groups is 1. The van der Waals surface area contributed by atoms with Gasteiger partial charge in [-0.05, 0) is 42.2 Å². The maximum absolute atomic E-state index is 12.7. The third kappa shape index (κ3) is 6.68. The number of amides is 2. The third-order valence-corrected chi connectivity index (χ3v) is 6.63. The van der Waals surface area contributed by atoms with Crippen LogP contribution in [-0.4, -0.2) is 46.6 Å². The van der Waals surface area contributed by atoms with Crippen molar-refractivity contribution in [3.8, 4) is 5.75 Å². The lowest BCUT2D eigenvalue weighted by atomic mass is 10.1. The number of benzene rings is 2. The van der Waals surface area contributed by atoms with Crippen molar-refractivity contribution in [3.63, 3.8) is 0 Å². The van der Waals surface area contributed by atoms with Gasteiger partial charge >= 0.3 is 0 Å². The molecule has 0 saturated carbocycles. The van der Waals surface area contributed by atoms with E-state index in [0.717, 1.165) is 36.1 Å². The van der Waals surface area contributed by atoms with Crippen LogP contribution in [0.3, 0.4) is 0 Å². The lowest BCUT2D eigenvalue weighted by Crippen LogP contribution is -2.29. The standard InChI is InChI=1S/C25H28N2O3S2/c1-26(18-20-9-5-3-6-10-20)23(28)11-7-4-8-16-27-24(29)22(32-25(27)31)17-19-12-14-21(30-2)15-13-19/h3,5-6,9-10,12-15,17H,4,7-8,11,16,18H2,1-2H3/b22-17-. The molecule has 0 aliphatic carbocycles. The zero-order chi connectivity index (χ0) is 22.9. The minimum Gasteiger partial charge on any atom is -0.497 e. The summed E-state index contributed by atoms with van der Waals surface area (Å²) in [6.45, 7) is 1.20. The summed E-state index contributed by atoms with van der Waals surface area (Å²) in [5.74, 6) is 0.871. The molecule has 1 aliphatic rings. The summed E-state index contributed by atoms with van der Waals surface area (Å²) in [7, 11) is 3.46. The molecule has 168 valence electrons. The van der Waals surface area contributed by atoms with Crippen LogP contribution in [0.2, 0.25) is 0 Å². The number of hydrogen-bond acceptors (Lipinski definition) is 5. The summed E-state index contributed by atoms with van der Waals surface area (Å²) in [5.41, 5.74) is 2.06.